The number of urea groups is 1. The molecule has 2 bridgehead atoms. The molecule has 0 saturated carbocycles. The molecule has 9 heteroatoms. The van der Waals surface area contributed by atoms with Crippen LogP contribution in [0.3, 0.4) is 0 Å². The quantitative estimate of drug-likeness (QED) is 0.574. The maximum atomic E-state index is 14.3. The van der Waals surface area contributed by atoms with Crippen LogP contribution in [0.5, 0.6) is 0 Å². The van der Waals surface area contributed by atoms with Crippen molar-refractivity contribution in [1.82, 2.24) is 9.21 Å². The van der Waals surface area contributed by atoms with Crippen molar-refractivity contribution in [3.63, 3.8) is 0 Å². The monoisotopic (exact) mass is 451 g/mol. The molecule has 6 rings (SSSR count). The van der Waals surface area contributed by atoms with Crippen molar-refractivity contribution in [2.75, 3.05) is 11.4 Å². The Balaban J connectivity index is 1.40. The minimum atomic E-state index is -4.15. The van der Waals surface area contributed by atoms with Gasteiger partial charge in [-0.15, -0.1) is 0 Å². The van der Waals surface area contributed by atoms with Gasteiger partial charge in [0.2, 0.25) is 10.0 Å². The first-order valence-electron chi connectivity index (χ1n) is 10.3. The summed E-state index contributed by atoms with van der Waals surface area (Å²) in [6.45, 7) is 0.0419. The average Bonchev–Trinajstić information content (AvgIpc) is 3.45. The summed E-state index contributed by atoms with van der Waals surface area (Å²) in [5, 5.41) is 1.66. The molecule has 3 aliphatic heterocycles. The van der Waals surface area contributed by atoms with E-state index in [9.17, 15) is 22.4 Å². The van der Waals surface area contributed by atoms with Gasteiger partial charge in [0.05, 0.1) is 11.7 Å². The number of hydrogen-bond acceptors (Lipinski definition) is 4. The standard InChI is InChI=1S/C23H18FN3O4S/c24-17-9-3-4-11-20(17)32(30,31)25-13-15-12-19(25)21-22(28)27(23(29)26(15)21)18-10-5-7-14-6-1-2-8-16(14)18/h1-11,15,19,21H,12-13H2/t15?,19?,21-/m1/s1. The topological polar surface area (TPSA) is 78.0 Å². The smallest absolute Gasteiger partial charge is 0.306 e. The van der Waals surface area contributed by atoms with Crippen molar-refractivity contribution < 1.29 is 22.4 Å². The van der Waals surface area contributed by atoms with E-state index in [0.29, 0.717) is 12.1 Å². The van der Waals surface area contributed by atoms with Gasteiger partial charge in [0.1, 0.15) is 16.8 Å². The number of piperazine rings is 1. The number of amides is 3. The summed E-state index contributed by atoms with van der Waals surface area (Å²) in [4.78, 5) is 29.0. The number of carbonyl (C=O) groups is 2. The number of nitrogens with zero attached hydrogens (tertiary/aromatic N) is 3. The fourth-order valence-electron chi connectivity index (χ4n) is 5.30. The number of hydrogen-bond donors (Lipinski definition) is 0. The van der Waals surface area contributed by atoms with Crippen molar-refractivity contribution in [3.05, 3.63) is 72.5 Å². The molecule has 3 heterocycles. The van der Waals surface area contributed by atoms with Crippen LogP contribution in [-0.2, 0) is 14.8 Å². The number of carbonyl (C=O) groups excluding carboxylic acids is 2. The van der Waals surface area contributed by atoms with Gasteiger partial charge < -0.3 is 4.90 Å². The van der Waals surface area contributed by atoms with E-state index in [1.165, 1.54) is 27.4 Å². The molecule has 2 unspecified atom stereocenters. The molecule has 0 spiro atoms. The number of sulfonamides is 1. The Morgan fingerprint density at radius 3 is 2.44 bits per heavy atom. The van der Waals surface area contributed by atoms with Crippen LogP contribution in [0, 0.1) is 5.82 Å². The van der Waals surface area contributed by atoms with Gasteiger partial charge in [-0.05, 0) is 30.0 Å². The van der Waals surface area contributed by atoms with Crippen molar-refractivity contribution >= 4 is 38.4 Å². The number of imide groups is 1. The first-order chi connectivity index (χ1) is 15.4. The summed E-state index contributed by atoms with van der Waals surface area (Å²) in [5.41, 5.74) is 0.482. The van der Waals surface area contributed by atoms with E-state index in [-0.39, 0.29) is 6.54 Å². The molecule has 3 saturated heterocycles. The lowest BCUT2D eigenvalue weighted by Gasteiger charge is -2.34. The van der Waals surface area contributed by atoms with Crippen LogP contribution in [0.1, 0.15) is 6.42 Å². The fourth-order valence-corrected chi connectivity index (χ4v) is 7.04. The molecule has 3 aromatic rings. The highest BCUT2D eigenvalue weighted by molar-refractivity contribution is 7.89. The average molecular weight is 451 g/mol. The number of benzene rings is 3. The van der Waals surface area contributed by atoms with E-state index in [2.05, 4.69) is 0 Å². The van der Waals surface area contributed by atoms with Gasteiger partial charge in [-0.2, -0.15) is 4.31 Å². The molecule has 3 amide bonds. The molecule has 162 valence electrons. The molecular weight excluding hydrogens is 433 g/mol. The molecule has 3 fully saturated rings. The molecule has 0 N–H and O–H groups in total. The van der Waals surface area contributed by atoms with E-state index in [1.54, 1.807) is 12.1 Å². The Labute approximate surface area is 183 Å². The molecule has 3 aliphatic rings. The number of halogens is 1. The van der Waals surface area contributed by atoms with Gasteiger partial charge >= 0.3 is 6.03 Å². The molecule has 0 aliphatic carbocycles. The van der Waals surface area contributed by atoms with E-state index in [4.69, 9.17) is 0 Å². The highest BCUT2D eigenvalue weighted by Gasteiger charge is 2.64. The molecule has 0 aromatic heterocycles. The lowest BCUT2D eigenvalue weighted by Crippen LogP contribution is -2.54. The van der Waals surface area contributed by atoms with Crippen molar-refractivity contribution in [2.45, 2.75) is 29.4 Å². The van der Waals surface area contributed by atoms with Gasteiger partial charge in [0, 0.05) is 18.0 Å². The Kier molecular flexibility index (Phi) is 4.00. The lowest BCUT2D eigenvalue weighted by atomic mass is 10.1. The van der Waals surface area contributed by atoms with E-state index in [1.807, 2.05) is 30.3 Å². The highest BCUT2D eigenvalue weighted by Crippen LogP contribution is 2.45. The summed E-state index contributed by atoms with van der Waals surface area (Å²) in [5.74, 6) is -1.29. The zero-order valence-electron chi connectivity index (χ0n) is 16.8. The van der Waals surface area contributed by atoms with Crippen molar-refractivity contribution in [2.24, 2.45) is 0 Å². The predicted molar refractivity (Wildman–Crippen MR) is 115 cm³/mol. The van der Waals surface area contributed by atoms with Gasteiger partial charge in [0.25, 0.3) is 5.91 Å². The van der Waals surface area contributed by atoms with E-state index < -0.39 is 50.8 Å². The van der Waals surface area contributed by atoms with Crippen LogP contribution in [0.4, 0.5) is 14.9 Å². The van der Waals surface area contributed by atoms with E-state index in [0.717, 1.165) is 21.7 Å². The predicted octanol–water partition coefficient (Wildman–Crippen LogP) is 2.96. The minimum absolute atomic E-state index is 0.0419. The summed E-state index contributed by atoms with van der Waals surface area (Å²) in [6, 6.07) is 15.6. The Morgan fingerprint density at radius 1 is 0.906 bits per heavy atom. The summed E-state index contributed by atoms with van der Waals surface area (Å²) >= 11 is 0. The molecule has 0 radical (unpaired) electrons. The second-order valence-corrected chi connectivity index (χ2v) is 10.1. The van der Waals surface area contributed by atoms with Gasteiger partial charge in [-0.25, -0.2) is 22.5 Å². The van der Waals surface area contributed by atoms with Gasteiger partial charge in [-0.1, -0.05) is 48.5 Å². The Hall–Kier alpha value is -3.30. The van der Waals surface area contributed by atoms with Crippen LogP contribution >= 0.6 is 0 Å². The van der Waals surface area contributed by atoms with Gasteiger partial charge in [-0.3, -0.25) is 4.79 Å². The highest BCUT2D eigenvalue weighted by atomic mass is 32.2. The second kappa shape index (κ2) is 6.60. The third-order valence-electron chi connectivity index (χ3n) is 6.65. The number of rotatable bonds is 3. The van der Waals surface area contributed by atoms with Crippen LogP contribution < -0.4 is 4.90 Å². The van der Waals surface area contributed by atoms with Crippen LogP contribution in [0.25, 0.3) is 10.8 Å². The summed E-state index contributed by atoms with van der Waals surface area (Å²) < 4.78 is 41.9. The Bertz CT molecular complexity index is 1400. The minimum Gasteiger partial charge on any atom is -0.306 e. The van der Waals surface area contributed by atoms with Crippen LogP contribution in [0.2, 0.25) is 0 Å². The molecule has 3 atom stereocenters. The number of anilines is 1. The number of fused-ring (bicyclic) bond motifs is 6. The third kappa shape index (κ3) is 2.46. The zero-order valence-corrected chi connectivity index (χ0v) is 17.6. The van der Waals surface area contributed by atoms with Crippen molar-refractivity contribution in [1.29, 1.82) is 0 Å². The third-order valence-corrected chi connectivity index (χ3v) is 8.57. The SMILES string of the molecule is O=C1[C@H]2C3CC(CN3S(=O)(=O)c3ccccc3F)N2C(=O)N1c1cccc2ccccc12. The van der Waals surface area contributed by atoms with E-state index >= 15 is 0 Å². The largest absolute Gasteiger partial charge is 0.332 e. The molecule has 3 aromatic carbocycles. The van der Waals surface area contributed by atoms with Gasteiger partial charge in [0.15, 0.2) is 0 Å². The molecule has 32 heavy (non-hydrogen) atoms. The Morgan fingerprint density at radius 2 is 1.62 bits per heavy atom. The normalized spacial score (nSPS) is 25.2. The first-order valence-corrected chi connectivity index (χ1v) is 11.7. The summed E-state index contributed by atoms with van der Waals surface area (Å²) in [6.07, 6.45) is 0.360. The lowest BCUT2D eigenvalue weighted by molar-refractivity contribution is -0.120. The first kappa shape index (κ1) is 19.4. The molecule has 7 nitrogen and oxygen atoms in total. The van der Waals surface area contributed by atoms with Crippen molar-refractivity contribution in [3.8, 4) is 0 Å². The van der Waals surface area contributed by atoms with Crippen LogP contribution in [0.15, 0.2) is 71.6 Å². The maximum Gasteiger partial charge on any atom is 0.332 e. The second-order valence-electron chi connectivity index (χ2n) is 8.27. The molecular formula is C23H18FN3O4S. The van der Waals surface area contributed by atoms with Crippen LogP contribution in [-0.4, -0.2) is 54.2 Å². The summed E-state index contributed by atoms with van der Waals surface area (Å²) in [7, 11) is -4.15. The zero-order chi connectivity index (χ0) is 22.2. The maximum absolute atomic E-state index is 14.3. The fraction of sp³-hybridized carbons (Fsp3) is 0.217.